The maximum atomic E-state index is 4.41. The number of hydrogen-bond donors (Lipinski definition) is 1. The van der Waals surface area contributed by atoms with Crippen molar-refractivity contribution >= 4 is 16.5 Å². The van der Waals surface area contributed by atoms with E-state index in [1.54, 1.807) is 11.3 Å². The normalized spacial score (nSPS) is 19.0. The van der Waals surface area contributed by atoms with Gasteiger partial charge in [-0.05, 0) is 47.1 Å². The molecule has 0 saturated carbocycles. The van der Waals surface area contributed by atoms with Crippen molar-refractivity contribution in [1.29, 1.82) is 0 Å². The molecule has 0 bridgehead atoms. The number of nitrogens with zero attached hydrogens (tertiary/aromatic N) is 3. The van der Waals surface area contributed by atoms with Gasteiger partial charge in [-0.3, -0.25) is 4.90 Å². The summed E-state index contributed by atoms with van der Waals surface area (Å²) < 4.78 is 0. The molecule has 0 radical (unpaired) electrons. The third-order valence-electron chi connectivity index (χ3n) is 4.08. The fraction of sp³-hybridized carbons (Fsp3) is 0.812. The van der Waals surface area contributed by atoms with Gasteiger partial charge in [0.05, 0.1) is 0 Å². The van der Waals surface area contributed by atoms with Crippen LogP contribution in [0.3, 0.4) is 0 Å². The van der Waals surface area contributed by atoms with Gasteiger partial charge in [-0.2, -0.15) is 0 Å². The molecule has 1 N–H and O–H groups in total. The van der Waals surface area contributed by atoms with Crippen LogP contribution in [-0.2, 0) is 0 Å². The maximum absolute atomic E-state index is 4.41. The Hall–Kier alpha value is -0.650. The predicted octanol–water partition coefficient (Wildman–Crippen LogP) is 2.82. The van der Waals surface area contributed by atoms with Crippen LogP contribution in [-0.4, -0.2) is 54.2 Å². The average molecular weight is 311 g/mol. The van der Waals surface area contributed by atoms with Gasteiger partial charge in [0.2, 0.25) is 0 Å². The Morgan fingerprint density at radius 2 is 2.00 bits per heavy atom. The first-order valence-electron chi connectivity index (χ1n) is 8.09. The van der Waals surface area contributed by atoms with E-state index in [0.29, 0.717) is 6.04 Å². The summed E-state index contributed by atoms with van der Waals surface area (Å²) in [6, 6.07) is 0.685. The van der Waals surface area contributed by atoms with Gasteiger partial charge >= 0.3 is 0 Å². The van der Waals surface area contributed by atoms with Crippen LogP contribution in [0.2, 0.25) is 0 Å². The molecule has 1 unspecified atom stereocenters. The van der Waals surface area contributed by atoms with Crippen LogP contribution in [0.15, 0.2) is 11.6 Å². The predicted molar refractivity (Wildman–Crippen MR) is 92.4 cm³/mol. The van der Waals surface area contributed by atoms with Gasteiger partial charge < -0.3 is 10.2 Å². The summed E-state index contributed by atoms with van der Waals surface area (Å²) in [5.41, 5.74) is 0.239. The molecule has 0 aliphatic carbocycles. The second-order valence-electron chi connectivity index (χ2n) is 7.01. The molecule has 21 heavy (non-hydrogen) atoms. The molecule has 1 saturated heterocycles. The van der Waals surface area contributed by atoms with Gasteiger partial charge in [0.25, 0.3) is 0 Å². The summed E-state index contributed by atoms with van der Waals surface area (Å²) in [5.74, 6) is 0. The number of nitrogens with one attached hydrogen (secondary N) is 1. The lowest BCUT2D eigenvalue weighted by Gasteiger charge is -2.38. The third-order valence-corrected chi connectivity index (χ3v) is 4.91. The molecule has 2 heterocycles. The molecule has 1 aliphatic heterocycles. The van der Waals surface area contributed by atoms with E-state index in [9.17, 15) is 0 Å². The molecule has 1 aromatic heterocycles. The number of thiazole rings is 1. The van der Waals surface area contributed by atoms with Crippen LogP contribution in [0, 0.1) is 0 Å². The minimum atomic E-state index is 0.239. The summed E-state index contributed by atoms with van der Waals surface area (Å²) in [4.78, 5) is 9.45. The molecule has 4 nitrogen and oxygen atoms in total. The Morgan fingerprint density at radius 1 is 1.29 bits per heavy atom. The molecule has 0 amide bonds. The van der Waals surface area contributed by atoms with Crippen LogP contribution in [0.4, 0.5) is 5.13 Å². The lowest BCUT2D eigenvalue weighted by Crippen LogP contribution is -2.49. The molecule has 1 aliphatic rings. The van der Waals surface area contributed by atoms with E-state index in [1.807, 2.05) is 6.20 Å². The molecular formula is C16H30N4S. The van der Waals surface area contributed by atoms with Crippen molar-refractivity contribution in [3.05, 3.63) is 11.6 Å². The molecule has 2 rings (SSSR count). The van der Waals surface area contributed by atoms with Crippen molar-refractivity contribution in [2.45, 2.75) is 52.1 Å². The van der Waals surface area contributed by atoms with Crippen LogP contribution in [0.5, 0.6) is 0 Å². The first-order chi connectivity index (χ1) is 9.96. The second kappa shape index (κ2) is 7.56. The fourth-order valence-corrected chi connectivity index (χ4v) is 3.47. The highest BCUT2D eigenvalue weighted by Gasteiger charge is 2.22. The highest BCUT2D eigenvalue weighted by atomic mass is 32.1. The van der Waals surface area contributed by atoms with E-state index in [4.69, 9.17) is 0 Å². The molecule has 5 heteroatoms. The zero-order valence-corrected chi connectivity index (χ0v) is 14.7. The molecule has 1 atom stereocenters. The Morgan fingerprint density at radius 3 is 2.57 bits per heavy atom. The van der Waals surface area contributed by atoms with Crippen LogP contribution >= 0.6 is 11.3 Å². The van der Waals surface area contributed by atoms with E-state index in [0.717, 1.165) is 32.7 Å². The summed E-state index contributed by atoms with van der Waals surface area (Å²) >= 11 is 1.75. The lowest BCUT2D eigenvalue weighted by molar-refractivity contribution is 0.185. The van der Waals surface area contributed by atoms with E-state index >= 15 is 0 Å². The fourth-order valence-electron chi connectivity index (χ4n) is 2.77. The third kappa shape index (κ3) is 5.57. The number of hydrogen-bond acceptors (Lipinski definition) is 5. The number of anilines is 1. The lowest BCUT2D eigenvalue weighted by atomic mass is 10.1. The summed E-state index contributed by atoms with van der Waals surface area (Å²) in [6.07, 6.45) is 4.43. The second-order valence-corrected chi connectivity index (χ2v) is 7.88. The van der Waals surface area contributed by atoms with Crippen molar-refractivity contribution in [2.24, 2.45) is 0 Å². The largest absolute Gasteiger partial charge is 0.346 e. The van der Waals surface area contributed by atoms with Crippen LogP contribution < -0.4 is 10.2 Å². The zero-order valence-electron chi connectivity index (χ0n) is 13.9. The van der Waals surface area contributed by atoms with E-state index in [2.05, 4.69) is 53.2 Å². The summed E-state index contributed by atoms with van der Waals surface area (Å²) in [7, 11) is 0. The molecule has 1 fully saturated rings. The van der Waals surface area contributed by atoms with Gasteiger partial charge in [0.15, 0.2) is 5.13 Å². The maximum Gasteiger partial charge on any atom is 0.185 e. The van der Waals surface area contributed by atoms with E-state index in [1.165, 1.54) is 18.0 Å². The van der Waals surface area contributed by atoms with Crippen molar-refractivity contribution in [2.75, 3.05) is 37.6 Å². The minimum absolute atomic E-state index is 0.239. The van der Waals surface area contributed by atoms with Gasteiger partial charge in [-0.25, -0.2) is 4.98 Å². The van der Waals surface area contributed by atoms with Crippen molar-refractivity contribution in [3.8, 4) is 0 Å². The van der Waals surface area contributed by atoms with Gasteiger partial charge in [0.1, 0.15) is 0 Å². The van der Waals surface area contributed by atoms with Crippen LogP contribution in [0.1, 0.15) is 40.5 Å². The molecular weight excluding hydrogens is 280 g/mol. The zero-order chi connectivity index (χ0) is 15.3. The Labute approximate surface area is 133 Å². The molecule has 1 aromatic rings. The Balaban J connectivity index is 1.65. The minimum Gasteiger partial charge on any atom is -0.346 e. The van der Waals surface area contributed by atoms with E-state index < -0.39 is 0 Å². The number of piperazine rings is 1. The molecule has 0 aromatic carbocycles. The highest BCUT2D eigenvalue weighted by Crippen LogP contribution is 2.20. The Bertz CT molecular complexity index is 391. The smallest absolute Gasteiger partial charge is 0.185 e. The highest BCUT2D eigenvalue weighted by molar-refractivity contribution is 7.13. The topological polar surface area (TPSA) is 31.4 Å². The monoisotopic (exact) mass is 310 g/mol. The SMILES string of the molecule is CC(CCCNC(C)(C)C)N1CCN(c2nccs2)CC1. The van der Waals surface area contributed by atoms with Crippen molar-refractivity contribution in [1.82, 2.24) is 15.2 Å². The quantitative estimate of drug-likeness (QED) is 0.819. The van der Waals surface area contributed by atoms with E-state index in [-0.39, 0.29) is 5.54 Å². The molecule has 120 valence electrons. The van der Waals surface area contributed by atoms with Gasteiger partial charge in [0, 0.05) is 49.3 Å². The van der Waals surface area contributed by atoms with Gasteiger partial charge in [-0.1, -0.05) is 0 Å². The summed E-state index contributed by atoms with van der Waals surface area (Å²) in [6.45, 7) is 14.7. The number of rotatable bonds is 6. The van der Waals surface area contributed by atoms with Crippen LogP contribution in [0.25, 0.3) is 0 Å². The molecule has 0 spiro atoms. The van der Waals surface area contributed by atoms with Crippen molar-refractivity contribution in [3.63, 3.8) is 0 Å². The standard InChI is InChI=1S/C16H30N4S/c1-14(6-5-7-18-16(2,3)4)19-9-11-20(12-10-19)15-17-8-13-21-15/h8,13-14,18H,5-7,9-12H2,1-4H3. The first kappa shape index (κ1) is 16.7. The average Bonchev–Trinajstić information content (AvgIpc) is 2.96. The Kier molecular flexibility index (Phi) is 6.02. The number of aromatic nitrogens is 1. The summed E-state index contributed by atoms with van der Waals surface area (Å²) in [5, 5.41) is 6.81. The van der Waals surface area contributed by atoms with Gasteiger partial charge in [-0.15, -0.1) is 11.3 Å². The van der Waals surface area contributed by atoms with Crippen molar-refractivity contribution < 1.29 is 0 Å². The first-order valence-corrected chi connectivity index (χ1v) is 8.97.